The molecule has 2 aromatic heterocycles. The van der Waals surface area contributed by atoms with Gasteiger partial charge in [-0.15, -0.1) is 0 Å². The number of nitrogens with one attached hydrogen (secondary N) is 1. The van der Waals surface area contributed by atoms with Crippen LogP contribution in [-0.4, -0.2) is 43.2 Å². The predicted molar refractivity (Wildman–Crippen MR) is 95.5 cm³/mol. The molecule has 0 aromatic carbocycles. The summed E-state index contributed by atoms with van der Waals surface area (Å²) in [5.74, 6) is 1.26. The zero-order valence-corrected chi connectivity index (χ0v) is 15.0. The Morgan fingerprint density at radius 1 is 1.28 bits per heavy atom. The van der Waals surface area contributed by atoms with E-state index in [0.717, 1.165) is 44.6 Å². The van der Waals surface area contributed by atoms with Crippen LogP contribution in [0, 0.1) is 0 Å². The zero-order chi connectivity index (χ0) is 17.8. The lowest BCUT2D eigenvalue weighted by molar-refractivity contribution is -0.136. The molecule has 1 amide bonds. The Morgan fingerprint density at radius 2 is 1.96 bits per heavy atom. The van der Waals surface area contributed by atoms with Gasteiger partial charge < -0.3 is 9.47 Å². The van der Waals surface area contributed by atoms with Crippen molar-refractivity contribution in [2.24, 2.45) is 0 Å². The number of likely N-dealkylation sites (tertiary alicyclic amines) is 1. The molecule has 0 aliphatic carbocycles. The number of piperidine rings is 1. The number of aromatic nitrogens is 4. The third-order valence-electron chi connectivity index (χ3n) is 5.11. The number of amides is 1. The quantitative estimate of drug-likeness (QED) is 0.871. The highest BCUT2D eigenvalue weighted by molar-refractivity contribution is 5.80. The summed E-state index contributed by atoms with van der Waals surface area (Å²) in [4.78, 5) is 26.7. The Kier molecular flexibility index (Phi) is 5.40. The van der Waals surface area contributed by atoms with Gasteiger partial charge in [-0.3, -0.25) is 9.36 Å². The van der Waals surface area contributed by atoms with E-state index in [9.17, 15) is 9.59 Å². The van der Waals surface area contributed by atoms with Crippen molar-refractivity contribution >= 4 is 5.91 Å². The SMILES string of the molecule is CCC[C@@H](C(=O)N1CCC(c2n[nH]c(=O)n2CC)CC1)n1cccc1. The molecule has 7 heteroatoms. The molecule has 136 valence electrons. The van der Waals surface area contributed by atoms with E-state index in [1.807, 2.05) is 40.9 Å². The van der Waals surface area contributed by atoms with Crippen LogP contribution in [0.15, 0.2) is 29.3 Å². The molecule has 25 heavy (non-hydrogen) atoms. The van der Waals surface area contributed by atoms with Crippen molar-refractivity contribution in [2.75, 3.05) is 13.1 Å². The van der Waals surface area contributed by atoms with Crippen LogP contribution in [0.1, 0.15) is 57.3 Å². The Morgan fingerprint density at radius 3 is 2.56 bits per heavy atom. The van der Waals surface area contributed by atoms with E-state index in [-0.39, 0.29) is 23.6 Å². The van der Waals surface area contributed by atoms with Gasteiger partial charge in [-0.1, -0.05) is 13.3 Å². The third kappa shape index (κ3) is 3.55. The summed E-state index contributed by atoms with van der Waals surface area (Å²) in [6.45, 7) is 6.12. The van der Waals surface area contributed by atoms with Crippen LogP contribution in [0.3, 0.4) is 0 Å². The second kappa shape index (κ2) is 7.72. The molecule has 7 nitrogen and oxygen atoms in total. The average Bonchev–Trinajstić information content (AvgIpc) is 3.29. The summed E-state index contributed by atoms with van der Waals surface area (Å²) in [7, 11) is 0. The van der Waals surface area contributed by atoms with E-state index < -0.39 is 0 Å². The standard InChI is InChI=1S/C18H27N5O2/c1-3-7-15(21-10-5-6-11-21)17(24)22-12-8-14(9-13-22)16-19-20-18(25)23(16)4-2/h5-6,10-11,14-15H,3-4,7-9,12-13H2,1-2H3,(H,20,25)/t15-/m0/s1. The number of aromatic amines is 1. The molecule has 0 saturated carbocycles. The van der Waals surface area contributed by atoms with Crippen molar-refractivity contribution < 1.29 is 4.79 Å². The predicted octanol–water partition coefficient (Wildman–Crippen LogP) is 2.14. The monoisotopic (exact) mass is 345 g/mol. The average molecular weight is 345 g/mol. The van der Waals surface area contributed by atoms with Crippen LogP contribution in [-0.2, 0) is 11.3 Å². The molecular weight excluding hydrogens is 318 g/mol. The number of nitrogens with zero attached hydrogens (tertiary/aromatic N) is 4. The van der Waals surface area contributed by atoms with E-state index in [4.69, 9.17) is 0 Å². The highest BCUT2D eigenvalue weighted by Crippen LogP contribution is 2.28. The van der Waals surface area contributed by atoms with Gasteiger partial charge in [0.15, 0.2) is 0 Å². The second-order valence-corrected chi connectivity index (χ2v) is 6.67. The van der Waals surface area contributed by atoms with E-state index in [0.29, 0.717) is 6.54 Å². The van der Waals surface area contributed by atoms with Gasteiger partial charge in [0.2, 0.25) is 5.91 Å². The van der Waals surface area contributed by atoms with Crippen LogP contribution in [0.5, 0.6) is 0 Å². The van der Waals surface area contributed by atoms with Crippen LogP contribution in [0.2, 0.25) is 0 Å². The van der Waals surface area contributed by atoms with E-state index in [1.165, 1.54) is 0 Å². The van der Waals surface area contributed by atoms with Gasteiger partial charge in [0.25, 0.3) is 0 Å². The maximum atomic E-state index is 13.0. The zero-order valence-electron chi connectivity index (χ0n) is 15.0. The molecule has 0 spiro atoms. The fourth-order valence-corrected chi connectivity index (χ4v) is 3.75. The number of carbonyl (C=O) groups is 1. The lowest BCUT2D eigenvalue weighted by Crippen LogP contribution is -2.42. The second-order valence-electron chi connectivity index (χ2n) is 6.67. The summed E-state index contributed by atoms with van der Waals surface area (Å²) in [6.07, 6.45) is 7.45. The minimum atomic E-state index is -0.147. The van der Waals surface area contributed by atoms with Crippen molar-refractivity contribution in [3.8, 4) is 0 Å². The van der Waals surface area contributed by atoms with Crippen LogP contribution >= 0.6 is 0 Å². The molecule has 1 N–H and O–H groups in total. The minimum Gasteiger partial charge on any atom is -0.342 e. The number of hydrogen-bond acceptors (Lipinski definition) is 3. The molecular formula is C18H27N5O2. The smallest absolute Gasteiger partial charge is 0.342 e. The summed E-state index contributed by atoms with van der Waals surface area (Å²) < 4.78 is 3.71. The summed E-state index contributed by atoms with van der Waals surface area (Å²) in [5, 5.41) is 6.75. The Balaban J connectivity index is 1.67. The van der Waals surface area contributed by atoms with Gasteiger partial charge in [0, 0.05) is 37.9 Å². The van der Waals surface area contributed by atoms with Gasteiger partial charge in [0.1, 0.15) is 11.9 Å². The third-order valence-corrected chi connectivity index (χ3v) is 5.11. The van der Waals surface area contributed by atoms with Gasteiger partial charge in [0.05, 0.1) is 0 Å². The molecule has 0 bridgehead atoms. The minimum absolute atomic E-state index is 0.115. The van der Waals surface area contributed by atoms with Crippen molar-refractivity contribution in [2.45, 2.75) is 58.0 Å². The topological polar surface area (TPSA) is 75.9 Å². The normalized spacial score (nSPS) is 17.0. The first-order chi connectivity index (χ1) is 12.2. The molecule has 0 radical (unpaired) electrons. The molecule has 3 rings (SSSR count). The molecule has 1 aliphatic heterocycles. The molecule has 2 aromatic rings. The van der Waals surface area contributed by atoms with Gasteiger partial charge in [-0.05, 0) is 38.3 Å². The summed E-state index contributed by atoms with van der Waals surface area (Å²) in [5.41, 5.74) is -0.147. The first-order valence-corrected chi connectivity index (χ1v) is 9.22. The van der Waals surface area contributed by atoms with E-state index in [1.54, 1.807) is 4.57 Å². The first kappa shape index (κ1) is 17.5. The van der Waals surface area contributed by atoms with Crippen LogP contribution in [0.4, 0.5) is 0 Å². The fourth-order valence-electron chi connectivity index (χ4n) is 3.75. The lowest BCUT2D eigenvalue weighted by atomic mass is 9.95. The molecule has 1 aliphatic rings. The molecule has 1 fully saturated rings. The lowest BCUT2D eigenvalue weighted by Gasteiger charge is -2.34. The highest BCUT2D eigenvalue weighted by atomic mass is 16.2. The largest absolute Gasteiger partial charge is 0.343 e. The van der Waals surface area contributed by atoms with Crippen molar-refractivity contribution in [3.63, 3.8) is 0 Å². The van der Waals surface area contributed by atoms with Gasteiger partial charge >= 0.3 is 5.69 Å². The Hall–Kier alpha value is -2.31. The summed E-state index contributed by atoms with van der Waals surface area (Å²) in [6, 6.07) is 3.81. The molecule has 1 saturated heterocycles. The maximum absolute atomic E-state index is 13.0. The molecule has 3 heterocycles. The summed E-state index contributed by atoms with van der Waals surface area (Å²) >= 11 is 0. The maximum Gasteiger partial charge on any atom is 0.343 e. The van der Waals surface area contributed by atoms with Crippen molar-refractivity contribution in [3.05, 3.63) is 40.8 Å². The number of rotatable bonds is 6. The first-order valence-electron chi connectivity index (χ1n) is 9.22. The number of H-pyrrole nitrogens is 1. The van der Waals surface area contributed by atoms with Crippen LogP contribution < -0.4 is 5.69 Å². The van der Waals surface area contributed by atoms with Gasteiger partial charge in [-0.2, -0.15) is 5.10 Å². The van der Waals surface area contributed by atoms with Crippen molar-refractivity contribution in [1.29, 1.82) is 0 Å². The van der Waals surface area contributed by atoms with Crippen LogP contribution in [0.25, 0.3) is 0 Å². The molecule has 1 atom stereocenters. The Bertz CT molecular complexity index is 738. The Labute approximate surface area is 147 Å². The fraction of sp³-hybridized carbons (Fsp3) is 0.611. The van der Waals surface area contributed by atoms with Gasteiger partial charge in [-0.25, -0.2) is 9.89 Å². The van der Waals surface area contributed by atoms with E-state index in [2.05, 4.69) is 17.1 Å². The van der Waals surface area contributed by atoms with Crippen molar-refractivity contribution in [1.82, 2.24) is 24.2 Å². The van der Waals surface area contributed by atoms with E-state index >= 15 is 0 Å². The highest BCUT2D eigenvalue weighted by Gasteiger charge is 2.30. The number of carbonyl (C=O) groups excluding carboxylic acids is 1. The molecule has 0 unspecified atom stereocenters. The number of hydrogen-bond donors (Lipinski definition) is 1.